The molecule has 1 heterocycles. The third-order valence-electron chi connectivity index (χ3n) is 4.23. The van der Waals surface area contributed by atoms with Crippen LogP contribution in [0.15, 0.2) is 72.8 Å². The average molecular weight is 427 g/mol. The van der Waals surface area contributed by atoms with E-state index in [4.69, 9.17) is 16.3 Å². The van der Waals surface area contributed by atoms with E-state index in [1.165, 1.54) is 23.5 Å². The minimum Gasteiger partial charge on any atom is -0.484 e. The largest absolute Gasteiger partial charge is 0.484 e. The second-order valence-corrected chi connectivity index (χ2v) is 7.76. The lowest BCUT2D eigenvalue weighted by Crippen LogP contribution is -2.34. The molecule has 0 aliphatic rings. The molecule has 1 amide bonds. The molecule has 0 saturated carbocycles. The van der Waals surface area contributed by atoms with Gasteiger partial charge in [-0.2, -0.15) is 0 Å². The summed E-state index contributed by atoms with van der Waals surface area (Å²) >= 11 is 7.15. The fraction of sp³-hybridized carbons (Fsp3) is 0.0909. The number of ether oxygens (including phenoxy) is 1. The fourth-order valence-corrected chi connectivity index (χ4v) is 3.92. The first-order valence-electron chi connectivity index (χ1n) is 8.87. The molecule has 29 heavy (non-hydrogen) atoms. The molecule has 3 aromatic carbocycles. The van der Waals surface area contributed by atoms with E-state index >= 15 is 0 Å². The highest BCUT2D eigenvalue weighted by molar-refractivity contribution is 7.22. The van der Waals surface area contributed by atoms with Crippen LogP contribution in [0.5, 0.6) is 5.75 Å². The van der Waals surface area contributed by atoms with Gasteiger partial charge in [0, 0.05) is 5.02 Å². The molecule has 0 unspecified atom stereocenters. The predicted octanol–water partition coefficient (Wildman–Crippen LogP) is 5.70. The number of thiazole rings is 1. The van der Waals surface area contributed by atoms with E-state index in [1.807, 2.05) is 30.3 Å². The monoisotopic (exact) mass is 426 g/mol. The van der Waals surface area contributed by atoms with Crippen molar-refractivity contribution < 1.29 is 13.9 Å². The van der Waals surface area contributed by atoms with Crippen molar-refractivity contribution in [2.24, 2.45) is 0 Å². The van der Waals surface area contributed by atoms with Gasteiger partial charge in [0.1, 0.15) is 11.6 Å². The van der Waals surface area contributed by atoms with Gasteiger partial charge in [0.15, 0.2) is 11.7 Å². The molecule has 0 fully saturated rings. The van der Waals surface area contributed by atoms with Crippen molar-refractivity contribution in [3.05, 3.63) is 89.2 Å². The SMILES string of the molecule is O=C(COc1ccc(Cl)cc1)N(Cc1ccccc1)c1nc2ccc(F)cc2s1. The van der Waals surface area contributed by atoms with Crippen molar-refractivity contribution in [1.29, 1.82) is 0 Å². The normalized spacial score (nSPS) is 10.8. The van der Waals surface area contributed by atoms with E-state index < -0.39 is 0 Å². The lowest BCUT2D eigenvalue weighted by atomic mass is 10.2. The second kappa shape index (κ2) is 8.59. The lowest BCUT2D eigenvalue weighted by molar-refractivity contribution is -0.120. The number of nitrogens with zero attached hydrogens (tertiary/aromatic N) is 2. The highest BCUT2D eigenvalue weighted by Gasteiger charge is 2.21. The smallest absolute Gasteiger partial charge is 0.267 e. The van der Waals surface area contributed by atoms with Gasteiger partial charge in [0.05, 0.1) is 16.8 Å². The number of amides is 1. The van der Waals surface area contributed by atoms with Gasteiger partial charge >= 0.3 is 0 Å². The Balaban J connectivity index is 1.59. The van der Waals surface area contributed by atoms with E-state index in [-0.39, 0.29) is 18.3 Å². The van der Waals surface area contributed by atoms with Crippen molar-refractivity contribution in [2.45, 2.75) is 6.54 Å². The first kappa shape index (κ1) is 19.4. The van der Waals surface area contributed by atoms with E-state index in [0.29, 0.717) is 32.7 Å². The molecule has 0 radical (unpaired) electrons. The van der Waals surface area contributed by atoms with Gasteiger partial charge < -0.3 is 4.74 Å². The fourth-order valence-electron chi connectivity index (χ4n) is 2.78. The molecule has 0 atom stereocenters. The maximum absolute atomic E-state index is 13.6. The van der Waals surface area contributed by atoms with E-state index in [1.54, 1.807) is 35.2 Å². The summed E-state index contributed by atoms with van der Waals surface area (Å²) in [7, 11) is 0. The molecule has 0 aliphatic carbocycles. The number of hydrogen-bond acceptors (Lipinski definition) is 4. The molecule has 0 N–H and O–H groups in total. The zero-order valence-electron chi connectivity index (χ0n) is 15.2. The topological polar surface area (TPSA) is 42.4 Å². The van der Waals surface area contributed by atoms with Crippen molar-refractivity contribution in [3.63, 3.8) is 0 Å². The maximum atomic E-state index is 13.6. The van der Waals surface area contributed by atoms with Gasteiger partial charge in [-0.3, -0.25) is 9.69 Å². The summed E-state index contributed by atoms with van der Waals surface area (Å²) in [6.07, 6.45) is 0. The van der Waals surface area contributed by atoms with Crippen LogP contribution in [0.3, 0.4) is 0 Å². The third kappa shape index (κ3) is 4.72. The molecule has 0 bridgehead atoms. The molecule has 0 spiro atoms. The Bertz CT molecular complexity index is 1130. The summed E-state index contributed by atoms with van der Waals surface area (Å²) in [5.41, 5.74) is 1.61. The number of fused-ring (bicyclic) bond motifs is 1. The number of anilines is 1. The van der Waals surface area contributed by atoms with Gasteiger partial charge in [-0.25, -0.2) is 9.37 Å². The number of hydrogen-bond donors (Lipinski definition) is 0. The summed E-state index contributed by atoms with van der Waals surface area (Å²) in [6.45, 7) is 0.185. The number of rotatable bonds is 6. The Kier molecular flexibility index (Phi) is 5.74. The van der Waals surface area contributed by atoms with Gasteiger partial charge in [-0.1, -0.05) is 53.3 Å². The van der Waals surface area contributed by atoms with Gasteiger partial charge in [0.25, 0.3) is 5.91 Å². The van der Waals surface area contributed by atoms with Crippen LogP contribution in [0.4, 0.5) is 9.52 Å². The molecular weight excluding hydrogens is 411 g/mol. The number of aromatic nitrogens is 1. The standard InChI is InChI=1S/C22H16ClFN2O2S/c23-16-6-9-18(10-7-16)28-14-21(27)26(13-15-4-2-1-3-5-15)22-25-19-11-8-17(24)12-20(19)29-22/h1-12H,13-14H2. The van der Waals surface area contributed by atoms with Gasteiger partial charge in [-0.15, -0.1) is 0 Å². The first-order valence-corrected chi connectivity index (χ1v) is 10.1. The average Bonchev–Trinajstić information content (AvgIpc) is 3.15. The number of halogens is 2. The summed E-state index contributed by atoms with van der Waals surface area (Å²) in [5, 5.41) is 1.09. The highest BCUT2D eigenvalue weighted by Crippen LogP contribution is 2.30. The number of carbonyl (C=O) groups excluding carboxylic acids is 1. The van der Waals surface area contributed by atoms with Crippen LogP contribution in [0, 0.1) is 5.82 Å². The van der Waals surface area contributed by atoms with Gasteiger partial charge in [0.2, 0.25) is 0 Å². The first-order chi connectivity index (χ1) is 14.1. The predicted molar refractivity (Wildman–Crippen MR) is 114 cm³/mol. The summed E-state index contributed by atoms with van der Waals surface area (Å²) in [5.74, 6) is -0.0307. The van der Waals surface area contributed by atoms with Crippen LogP contribution < -0.4 is 9.64 Å². The zero-order chi connectivity index (χ0) is 20.2. The van der Waals surface area contributed by atoms with Crippen molar-refractivity contribution >= 4 is 44.2 Å². The Labute approximate surface area is 176 Å². The van der Waals surface area contributed by atoms with Crippen LogP contribution in [-0.2, 0) is 11.3 Å². The van der Waals surface area contributed by atoms with Gasteiger partial charge in [-0.05, 0) is 48.0 Å². The van der Waals surface area contributed by atoms with Crippen LogP contribution in [0.1, 0.15) is 5.56 Å². The summed E-state index contributed by atoms with van der Waals surface area (Å²) in [4.78, 5) is 19.1. The summed E-state index contributed by atoms with van der Waals surface area (Å²) in [6, 6.07) is 20.8. The lowest BCUT2D eigenvalue weighted by Gasteiger charge is -2.20. The van der Waals surface area contributed by atoms with Crippen molar-refractivity contribution in [2.75, 3.05) is 11.5 Å². The molecular formula is C22H16ClFN2O2S. The zero-order valence-corrected chi connectivity index (χ0v) is 16.8. The van der Waals surface area contributed by atoms with E-state index in [2.05, 4.69) is 4.98 Å². The number of carbonyl (C=O) groups is 1. The van der Waals surface area contributed by atoms with Crippen LogP contribution in [-0.4, -0.2) is 17.5 Å². The second-order valence-electron chi connectivity index (χ2n) is 6.32. The molecule has 4 aromatic rings. The van der Waals surface area contributed by atoms with Crippen LogP contribution >= 0.6 is 22.9 Å². The Morgan fingerprint density at radius 2 is 1.83 bits per heavy atom. The molecule has 1 aromatic heterocycles. The van der Waals surface area contributed by atoms with Crippen molar-refractivity contribution in [1.82, 2.24) is 4.98 Å². The van der Waals surface area contributed by atoms with Crippen LogP contribution in [0.2, 0.25) is 5.02 Å². The molecule has 0 aliphatic heterocycles. The minimum absolute atomic E-state index is 0.154. The number of benzene rings is 3. The molecule has 7 heteroatoms. The minimum atomic E-state index is -0.334. The maximum Gasteiger partial charge on any atom is 0.267 e. The molecule has 4 nitrogen and oxygen atoms in total. The highest BCUT2D eigenvalue weighted by atomic mass is 35.5. The molecule has 146 valence electrons. The van der Waals surface area contributed by atoms with Crippen LogP contribution in [0.25, 0.3) is 10.2 Å². The summed E-state index contributed by atoms with van der Waals surface area (Å²) < 4.78 is 19.9. The quantitative estimate of drug-likeness (QED) is 0.397. The molecule has 0 saturated heterocycles. The van der Waals surface area contributed by atoms with Crippen molar-refractivity contribution in [3.8, 4) is 5.75 Å². The molecule has 4 rings (SSSR count). The van der Waals surface area contributed by atoms with E-state index in [9.17, 15) is 9.18 Å². The Morgan fingerprint density at radius 3 is 2.59 bits per heavy atom. The Morgan fingerprint density at radius 1 is 1.07 bits per heavy atom. The third-order valence-corrected chi connectivity index (χ3v) is 5.52. The Hall–Kier alpha value is -2.96. The van der Waals surface area contributed by atoms with E-state index in [0.717, 1.165) is 5.56 Å².